The molecule has 1 aromatic rings. The number of aromatic nitrogens is 1. The minimum absolute atomic E-state index is 0.0340. The molecule has 3 rings (SSSR count). The van der Waals surface area contributed by atoms with E-state index in [0.717, 1.165) is 6.42 Å². The Balaban J connectivity index is 1.75. The second-order valence-electron chi connectivity index (χ2n) is 7.62. The molecule has 25 heavy (non-hydrogen) atoms. The zero-order valence-electron chi connectivity index (χ0n) is 14.6. The zero-order valence-corrected chi connectivity index (χ0v) is 16.2. The van der Waals surface area contributed by atoms with E-state index < -0.39 is 23.6 Å². The summed E-state index contributed by atoms with van der Waals surface area (Å²) in [6, 6.07) is 0.771. The Labute approximate surface area is 154 Å². The number of carbonyl (C=O) groups is 2. The van der Waals surface area contributed by atoms with E-state index in [-0.39, 0.29) is 22.4 Å². The number of halogens is 2. The molecule has 3 atom stereocenters. The molecule has 1 aromatic heterocycles. The van der Waals surface area contributed by atoms with Gasteiger partial charge in [0.1, 0.15) is 22.1 Å². The fraction of sp³-hybridized carbons (Fsp3) is 0.588. The highest BCUT2D eigenvalue weighted by atomic mass is 79.9. The second-order valence-corrected chi connectivity index (χ2v) is 8.37. The molecule has 1 saturated heterocycles. The summed E-state index contributed by atoms with van der Waals surface area (Å²) in [5, 5.41) is 2.71. The highest BCUT2D eigenvalue weighted by Gasteiger charge is 2.57. The molecule has 8 heteroatoms. The first-order valence-electron chi connectivity index (χ1n) is 8.21. The van der Waals surface area contributed by atoms with Crippen molar-refractivity contribution in [1.29, 1.82) is 0 Å². The van der Waals surface area contributed by atoms with Gasteiger partial charge in [-0.05, 0) is 74.0 Å². The Morgan fingerprint density at radius 3 is 2.72 bits per heavy atom. The average Bonchev–Trinajstić information content (AvgIpc) is 3.12. The van der Waals surface area contributed by atoms with Crippen molar-refractivity contribution < 1.29 is 18.7 Å². The Kier molecular flexibility index (Phi) is 4.51. The average molecular weight is 414 g/mol. The summed E-state index contributed by atoms with van der Waals surface area (Å²) < 4.78 is 19.0. The van der Waals surface area contributed by atoms with Gasteiger partial charge >= 0.3 is 6.09 Å². The van der Waals surface area contributed by atoms with Crippen LogP contribution in [0.4, 0.5) is 15.0 Å². The van der Waals surface area contributed by atoms with Crippen LogP contribution in [-0.2, 0) is 9.53 Å². The van der Waals surface area contributed by atoms with Crippen LogP contribution >= 0.6 is 15.9 Å². The van der Waals surface area contributed by atoms with Gasteiger partial charge in [-0.1, -0.05) is 0 Å². The molecule has 0 unspecified atom stereocenters. The highest BCUT2D eigenvalue weighted by molar-refractivity contribution is 9.10. The molecule has 2 amide bonds. The first-order valence-corrected chi connectivity index (χ1v) is 9.01. The summed E-state index contributed by atoms with van der Waals surface area (Å²) >= 11 is 3.02. The number of amides is 2. The van der Waals surface area contributed by atoms with Gasteiger partial charge in [0, 0.05) is 6.04 Å². The van der Waals surface area contributed by atoms with E-state index >= 15 is 0 Å². The van der Waals surface area contributed by atoms with Gasteiger partial charge in [0.2, 0.25) is 5.91 Å². The lowest BCUT2D eigenvalue weighted by Gasteiger charge is -2.29. The second kappa shape index (κ2) is 6.23. The number of aryl methyl sites for hydroxylation is 1. The number of nitrogens with zero attached hydrogens (tertiary/aromatic N) is 2. The number of piperidine rings is 1. The largest absolute Gasteiger partial charge is 0.444 e. The summed E-state index contributed by atoms with van der Waals surface area (Å²) in [4.78, 5) is 30.7. The molecule has 0 radical (unpaired) electrons. The van der Waals surface area contributed by atoms with Gasteiger partial charge in [-0.3, -0.25) is 9.69 Å². The molecule has 0 aromatic carbocycles. The van der Waals surface area contributed by atoms with E-state index in [1.807, 2.05) is 0 Å². The van der Waals surface area contributed by atoms with Crippen molar-refractivity contribution in [2.75, 3.05) is 5.32 Å². The SMILES string of the molecule is Cc1cc(F)c(Br)nc1NC(=O)[C@@H]1C[C@H]2C[C@H]2N1C(=O)OC(C)(C)C. The van der Waals surface area contributed by atoms with Crippen LogP contribution < -0.4 is 5.32 Å². The van der Waals surface area contributed by atoms with Crippen LogP contribution in [0.2, 0.25) is 0 Å². The van der Waals surface area contributed by atoms with Crippen LogP contribution in [0, 0.1) is 18.7 Å². The van der Waals surface area contributed by atoms with E-state index in [9.17, 15) is 14.0 Å². The van der Waals surface area contributed by atoms with Gasteiger partial charge in [-0.25, -0.2) is 14.2 Å². The lowest BCUT2D eigenvalue weighted by molar-refractivity contribution is -0.121. The number of anilines is 1. The fourth-order valence-corrected chi connectivity index (χ4v) is 3.44. The van der Waals surface area contributed by atoms with Crippen molar-refractivity contribution in [2.24, 2.45) is 5.92 Å². The molecule has 2 heterocycles. The number of fused-ring (bicyclic) bond motifs is 1. The molecule has 1 aliphatic carbocycles. The van der Waals surface area contributed by atoms with E-state index in [4.69, 9.17) is 4.74 Å². The Hall–Kier alpha value is -1.70. The number of hydrogen-bond acceptors (Lipinski definition) is 4. The Bertz CT molecular complexity index is 735. The molecule has 136 valence electrons. The maximum Gasteiger partial charge on any atom is 0.411 e. The first-order chi connectivity index (χ1) is 11.6. The highest BCUT2D eigenvalue weighted by Crippen LogP contribution is 2.48. The fourth-order valence-electron chi connectivity index (χ4n) is 3.15. The number of pyridine rings is 1. The first kappa shape index (κ1) is 18.1. The van der Waals surface area contributed by atoms with Crippen LogP contribution in [0.25, 0.3) is 0 Å². The molecule has 0 bridgehead atoms. The lowest BCUT2D eigenvalue weighted by Crippen LogP contribution is -2.47. The predicted molar refractivity (Wildman–Crippen MR) is 93.6 cm³/mol. The molecule has 6 nitrogen and oxygen atoms in total. The molecule has 1 aliphatic heterocycles. The lowest BCUT2D eigenvalue weighted by atomic mass is 10.1. The van der Waals surface area contributed by atoms with Crippen LogP contribution in [0.3, 0.4) is 0 Å². The smallest absolute Gasteiger partial charge is 0.411 e. The third-order valence-corrected chi connectivity index (χ3v) is 4.93. The summed E-state index contributed by atoms with van der Waals surface area (Å²) in [5.41, 5.74) is -0.105. The summed E-state index contributed by atoms with van der Waals surface area (Å²) in [6.45, 7) is 7.05. The number of rotatable bonds is 2. The van der Waals surface area contributed by atoms with Gasteiger partial charge in [0.25, 0.3) is 0 Å². The third-order valence-electron chi connectivity index (χ3n) is 4.38. The van der Waals surface area contributed by atoms with Crippen molar-refractivity contribution in [2.45, 2.75) is 58.2 Å². The topological polar surface area (TPSA) is 71.5 Å². The van der Waals surface area contributed by atoms with Crippen molar-refractivity contribution >= 4 is 33.7 Å². The quantitative estimate of drug-likeness (QED) is 0.751. The minimum atomic E-state index is -0.620. The van der Waals surface area contributed by atoms with Gasteiger partial charge in [0.15, 0.2) is 5.82 Å². The van der Waals surface area contributed by atoms with Crippen molar-refractivity contribution in [3.8, 4) is 0 Å². The van der Waals surface area contributed by atoms with Crippen LogP contribution in [0.15, 0.2) is 10.7 Å². The summed E-state index contributed by atoms with van der Waals surface area (Å²) in [6.07, 6.45) is 1.04. The Morgan fingerprint density at radius 2 is 2.08 bits per heavy atom. The molecule has 2 aliphatic rings. The van der Waals surface area contributed by atoms with Gasteiger partial charge in [-0.2, -0.15) is 0 Å². The van der Waals surface area contributed by atoms with Crippen LogP contribution in [0.1, 0.15) is 39.2 Å². The minimum Gasteiger partial charge on any atom is -0.444 e. The van der Waals surface area contributed by atoms with Gasteiger partial charge < -0.3 is 10.1 Å². The predicted octanol–water partition coefficient (Wildman–Crippen LogP) is 3.63. The molecule has 1 saturated carbocycles. The number of nitrogens with one attached hydrogen (secondary N) is 1. The third kappa shape index (κ3) is 3.78. The van der Waals surface area contributed by atoms with E-state index in [0.29, 0.717) is 17.9 Å². The van der Waals surface area contributed by atoms with Crippen molar-refractivity contribution in [3.63, 3.8) is 0 Å². The monoisotopic (exact) mass is 413 g/mol. The molecule has 0 spiro atoms. The normalized spacial score (nSPS) is 24.7. The van der Waals surface area contributed by atoms with Crippen molar-refractivity contribution in [3.05, 3.63) is 22.1 Å². The Morgan fingerprint density at radius 1 is 1.40 bits per heavy atom. The number of ether oxygens (including phenoxy) is 1. The number of likely N-dealkylation sites (tertiary alicyclic amines) is 1. The van der Waals surface area contributed by atoms with Crippen LogP contribution in [-0.4, -0.2) is 39.6 Å². The van der Waals surface area contributed by atoms with Crippen LogP contribution in [0.5, 0.6) is 0 Å². The van der Waals surface area contributed by atoms with Crippen molar-refractivity contribution in [1.82, 2.24) is 9.88 Å². The van der Waals surface area contributed by atoms with Gasteiger partial charge in [-0.15, -0.1) is 0 Å². The summed E-state index contributed by atoms with van der Waals surface area (Å²) in [7, 11) is 0. The molecular formula is C17H21BrFN3O3. The molecule has 1 N–H and O–H groups in total. The summed E-state index contributed by atoms with van der Waals surface area (Å²) in [5.74, 6) is -0.194. The maximum absolute atomic E-state index is 13.5. The standard InChI is InChI=1S/C17H21BrFN3O3/c1-8-5-10(19)13(18)20-14(8)21-15(23)12-7-9-6-11(9)22(12)16(24)25-17(2,3)4/h5,9,11-12H,6-7H2,1-4H3,(H,20,21,23)/t9-,11-,12+/m1/s1. The van der Waals surface area contributed by atoms with Gasteiger partial charge in [0.05, 0.1) is 0 Å². The number of hydrogen-bond donors (Lipinski definition) is 1. The van der Waals surface area contributed by atoms with E-state index in [2.05, 4.69) is 26.2 Å². The maximum atomic E-state index is 13.5. The van der Waals surface area contributed by atoms with E-state index in [1.54, 1.807) is 32.6 Å². The number of carbonyl (C=O) groups excluding carboxylic acids is 2. The van der Waals surface area contributed by atoms with E-state index in [1.165, 1.54) is 6.07 Å². The zero-order chi connectivity index (χ0) is 18.5. The molecule has 2 fully saturated rings. The molecular weight excluding hydrogens is 393 g/mol.